The van der Waals surface area contributed by atoms with Gasteiger partial charge in [0.15, 0.2) is 5.52 Å². The molecule has 0 amide bonds. The summed E-state index contributed by atoms with van der Waals surface area (Å²) < 4.78 is 0.841. The highest BCUT2D eigenvalue weighted by molar-refractivity contribution is 7.16. The van der Waals surface area contributed by atoms with Crippen LogP contribution in [0.15, 0.2) is 17.6 Å². The molecule has 0 aliphatic heterocycles. The normalized spacial score (nSPS) is 14.3. The quantitative estimate of drug-likeness (QED) is 0.662. The third-order valence-electron chi connectivity index (χ3n) is 3.54. The molecule has 5 nitrogen and oxygen atoms in total. The monoisotopic (exact) mass is 279 g/mol. The van der Waals surface area contributed by atoms with E-state index in [0.717, 1.165) is 11.1 Å². The van der Waals surface area contributed by atoms with Crippen LogP contribution < -0.4 is 5.32 Å². The van der Waals surface area contributed by atoms with E-state index in [1.807, 2.05) is 13.0 Å². The van der Waals surface area contributed by atoms with E-state index in [0.29, 0.717) is 17.1 Å². The molecule has 1 aromatic heterocycles. The SMILES string of the molecule is CCC(C)C(C)Nc1ccc2scnc2c1[N+](=O)[O-]. The van der Waals surface area contributed by atoms with E-state index in [9.17, 15) is 10.1 Å². The Morgan fingerprint density at radius 1 is 1.47 bits per heavy atom. The number of nitro groups is 1. The van der Waals surface area contributed by atoms with E-state index in [-0.39, 0.29) is 16.7 Å². The predicted molar refractivity (Wildman–Crippen MR) is 78.8 cm³/mol. The number of thiazole rings is 1. The van der Waals surface area contributed by atoms with Gasteiger partial charge in [0.2, 0.25) is 0 Å². The molecule has 2 atom stereocenters. The lowest BCUT2D eigenvalue weighted by atomic mass is 10.0. The Hall–Kier alpha value is -1.69. The Morgan fingerprint density at radius 3 is 2.84 bits per heavy atom. The summed E-state index contributed by atoms with van der Waals surface area (Å²) in [6, 6.07) is 3.84. The van der Waals surface area contributed by atoms with E-state index in [1.54, 1.807) is 11.6 Å². The topological polar surface area (TPSA) is 68.1 Å². The molecule has 1 heterocycles. The van der Waals surface area contributed by atoms with Crippen molar-refractivity contribution >= 4 is 32.9 Å². The van der Waals surface area contributed by atoms with Gasteiger partial charge in [-0.25, -0.2) is 4.98 Å². The summed E-state index contributed by atoms with van der Waals surface area (Å²) in [5, 5.41) is 14.5. The Kier molecular flexibility index (Phi) is 3.99. The van der Waals surface area contributed by atoms with Crippen molar-refractivity contribution in [3.05, 3.63) is 27.8 Å². The number of fused-ring (bicyclic) bond motifs is 1. The molecule has 6 heteroatoms. The number of benzene rings is 1. The first-order chi connectivity index (χ1) is 9.04. The van der Waals surface area contributed by atoms with E-state index in [2.05, 4.69) is 24.1 Å². The van der Waals surface area contributed by atoms with E-state index in [1.165, 1.54) is 11.3 Å². The van der Waals surface area contributed by atoms with Crippen LogP contribution in [0.3, 0.4) is 0 Å². The molecule has 0 saturated carbocycles. The van der Waals surface area contributed by atoms with Crippen LogP contribution in [0.2, 0.25) is 0 Å². The van der Waals surface area contributed by atoms with Crippen molar-refractivity contribution < 1.29 is 4.92 Å². The molecule has 0 spiro atoms. The van der Waals surface area contributed by atoms with Gasteiger partial charge in [0.1, 0.15) is 5.69 Å². The standard InChI is InChI=1S/C13H17N3O2S/c1-4-8(2)9(3)15-10-5-6-11-12(14-7-19-11)13(10)16(17)18/h5-9,15H,4H2,1-3H3. The number of aromatic nitrogens is 1. The zero-order valence-electron chi connectivity index (χ0n) is 11.2. The predicted octanol–water partition coefficient (Wildman–Crippen LogP) is 4.05. The van der Waals surface area contributed by atoms with Crippen molar-refractivity contribution in [3.8, 4) is 0 Å². The number of nitrogens with zero attached hydrogens (tertiary/aromatic N) is 2. The minimum Gasteiger partial charge on any atom is -0.377 e. The Morgan fingerprint density at radius 2 is 2.21 bits per heavy atom. The van der Waals surface area contributed by atoms with Crippen LogP contribution in [0.25, 0.3) is 10.2 Å². The third-order valence-corrected chi connectivity index (χ3v) is 4.33. The second-order valence-electron chi connectivity index (χ2n) is 4.74. The first-order valence-corrected chi connectivity index (χ1v) is 7.19. The molecule has 1 N–H and O–H groups in total. The first kappa shape index (κ1) is 13.7. The van der Waals surface area contributed by atoms with Crippen LogP contribution >= 0.6 is 11.3 Å². The van der Waals surface area contributed by atoms with Gasteiger partial charge in [-0.05, 0) is 25.0 Å². The van der Waals surface area contributed by atoms with Crippen LogP contribution in [-0.4, -0.2) is 15.9 Å². The summed E-state index contributed by atoms with van der Waals surface area (Å²) in [6.45, 7) is 6.29. The van der Waals surface area contributed by atoms with Gasteiger partial charge in [0.25, 0.3) is 0 Å². The summed E-state index contributed by atoms with van der Waals surface area (Å²) >= 11 is 1.41. The number of rotatable bonds is 5. The van der Waals surface area contributed by atoms with Crippen molar-refractivity contribution in [1.82, 2.24) is 4.98 Å². The molecule has 0 aliphatic rings. The Bertz CT molecular complexity index is 597. The number of anilines is 1. The van der Waals surface area contributed by atoms with E-state index >= 15 is 0 Å². The molecule has 2 unspecified atom stereocenters. The molecule has 1 aromatic carbocycles. The lowest BCUT2D eigenvalue weighted by Crippen LogP contribution is -2.23. The maximum Gasteiger partial charge on any atom is 0.319 e. The highest BCUT2D eigenvalue weighted by Crippen LogP contribution is 2.35. The number of nitrogens with one attached hydrogen (secondary N) is 1. The molecule has 2 rings (SSSR count). The largest absolute Gasteiger partial charge is 0.377 e. The highest BCUT2D eigenvalue weighted by atomic mass is 32.1. The molecule has 0 saturated heterocycles. The summed E-state index contributed by atoms with van der Waals surface area (Å²) in [5.74, 6) is 0.450. The summed E-state index contributed by atoms with van der Waals surface area (Å²) in [4.78, 5) is 15.0. The van der Waals surface area contributed by atoms with Gasteiger partial charge >= 0.3 is 5.69 Å². The fourth-order valence-electron chi connectivity index (χ4n) is 1.96. The molecule has 0 aliphatic carbocycles. The molecule has 2 aromatic rings. The van der Waals surface area contributed by atoms with Crippen LogP contribution in [0, 0.1) is 16.0 Å². The molecule has 0 bridgehead atoms. The van der Waals surface area contributed by atoms with Gasteiger partial charge in [-0.1, -0.05) is 20.3 Å². The zero-order chi connectivity index (χ0) is 14.0. The fraction of sp³-hybridized carbons (Fsp3) is 0.462. The molecular weight excluding hydrogens is 262 g/mol. The first-order valence-electron chi connectivity index (χ1n) is 6.31. The maximum absolute atomic E-state index is 11.3. The minimum atomic E-state index is -0.353. The maximum atomic E-state index is 11.3. The average molecular weight is 279 g/mol. The van der Waals surface area contributed by atoms with Gasteiger partial charge in [0, 0.05) is 6.04 Å². The van der Waals surface area contributed by atoms with Gasteiger partial charge in [-0.3, -0.25) is 10.1 Å². The van der Waals surface area contributed by atoms with Gasteiger partial charge < -0.3 is 5.32 Å². The number of hydrogen-bond acceptors (Lipinski definition) is 5. The lowest BCUT2D eigenvalue weighted by molar-refractivity contribution is -0.382. The fourth-order valence-corrected chi connectivity index (χ4v) is 2.64. The minimum absolute atomic E-state index is 0.0777. The summed E-state index contributed by atoms with van der Waals surface area (Å²) in [6.07, 6.45) is 1.03. The van der Waals surface area contributed by atoms with Crippen LogP contribution in [0.1, 0.15) is 27.2 Å². The van der Waals surface area contributed by atoms with E-state index < -0.39 is 0 Å². The summed E-state index contributed by atoms with van der Waals surface area (Å²) in [5.41, 5.74) is 2.74. The molecular formula is C13H17N3O2S. The average Bonchev–Trinajstić information content (AvgIpc) is 2.84. The van der Waals surface area contributed by atoms with Crippen LogP contribution in [0.4, 0.5) is 11.4 Å². The van der Waals surface area contributed by atoms with E-state index in [4.69, 9.17) is 0 Å². The lowest BCUT2D eigenvalue weighted by Gasteiger charge is -2.20. The van der Waals surface area contributed by atoms with Crippen LogP contribution in [-0.2, 0) is 0 Å². The highest BCUT2D eigenvalue weighted by Gasteiger charge is 2.22. The smallest absolute Gasteiger partial charge is 0.319 e. The molecule has 0 fully saturated rings. The summed E-state index contributed by atoms with van der Waals surface area (Å²) in [7, 11) is 0. The van der Waals surface area contributed by atoms with Crippen molar-refractivity contribution in [2.45, 2.75) is 33.2 Å². The molecule has 102 valence electrons. The molecule has 0 radical (unpaired) electrons. The number of nitro benzene ring substituents is 1. The second-order valence-corrected chi connectivity index (χ2v) is 5.62. The van der Waals surface area contributed by atoms with Crippen molar-refractivity contribution in [2.75, 3.05) is 5.32 Å². The third kappa shape index (κ3) is 2.68. The van der Waals surface area contributed by atoms with Crippen molar-refractivity contribution in [3.63, 3.8) is 0 Å². The molecule has 19 heavy (non-hydrogen) atoms. The van der Waals surface area contributed by atoms with Crippen LogP contribution in [0.5, 0.6) is 0 Å². The Balaban J connectivity index is 2.42. The van der Waals surface area contributed by atoms with Crippen molar-refractivity contribution in [1.29, 1.82) is 0 Å². The second kappa shape index (κ2) is 5.52. The Labute approximate surface area is 115 Å². The number of hydrogen-bond donors (Lipinski definition) is 1. The van der Waals surface area contributed by atoms with Gasteiger partial charge in [-0.2, -0.15) is 0 Å². The van der Waals surface area contributed by atoms with Crippen molar-refractivity contribution in [2.24, 2.45) is 5.92 Å². The van der Waals surface area contributed by atoms with Gasteiger partial charge in [-0.15, -0.1) is 11.3 Å². The van der Waals surface area contributed by atoms with Gasteiger partial charge in [0.05, 0.1) is 15.1 Å². The zero-order valence-corrected chi connectivity index (χ0v) is 12.0.